The molecule has 7 rings (SSSR count). The second kappa shape index (κ2) is 10.2. The molecule has 0 amide bonds. The van der Waals surface area contributed by atoms with E-state index in [-0.39, 0.29) is 35.3 Å². The summed E-state index contributed by atoms with van der Waals surface area (Å²) in [6.07, 6.45) is 8.73. The molecule has 220 valence electrons. The van der Waals surface area contributed by atoms with Crippen LogP contribution in [0.2, 0.25) is 0 Å². The number of benzene rings is 1. The van der Waals surface area contributed by atoms with Crippen molar-refractivity contribution in [2.75, 3.05) is 0 Å². The van der Waals surface area contributed by atoms with Gasteiger partial charge in [0.15, 0.2) is 5.78 Å². The summed E-state index contributed by atoms with van der Waals surface area (Å²) in [4.78, 5) is 22.3. The van der Waals surface area contributed by atoms with Gasteiger partial charge in [-0.25, -0.2) is 26.9 Å². The van der Waals surface area contributed by atoms with Gasteiger partial charge < -0.3 is 0 Å². The average Bonchev–Trinajstić information content (AvgIpc) is 3.74. The smallest absolute Gasteiger partial charge is 0.243 e. The van der Waals surface area contributed by atoms with Crippen molar-refractivity contribution >= 4 is 21.9 Å². The Kier molecular flexibility index (Phi) is 6.58. The summed E-state index contributed by atoms with van der Waals surface area (Å²) in [5, 5.41) is 4.50. The van der Waals surface area contributed by atoms with Gasteiger partial charge >= 0.3 is 0 Å². The molecule has 8 nitrogen and oxygen atoms in total. The first-order chi connectivity index (χ1) is 20.7. The number of aromatic nitrogens is 4. The second-order valence-electron chi connectivity index (χ2n) is 11.3. The molecule has 0 saturated heterocycles. The van der Waals surface area contributed by atoms with Crippen molar-refractivity contribution in [3.05, 3.63) is 107 Å². The number of carbonyl (C=O) groups is 1. The Bertz CT molecular complexity index is 1870. The minimum absolute atomic E-state index is 0.00516. The number of pyridine rings is 2. The highest BCUT2D eigenvalue weighted by molar-refractivity contribution is 7.89. The van der Waals surface area contributed by atoms with Gasteiger partial charge in [-0.15, -0.1) is 0 Å². The Morgan fingerprint density at radius 2 is 1.72 bits per heavy atom. The van der Waals surface area contributed by atoms with Gasteiger partial charge in [0.2, 0.25) is 16.0 Å². The summed E-state index contributed by atoms with van der Waals surface area (Å²) in [6, 6.07) is 9.08. The zero-order chi connectivity index (χ0) is 29.9. The normalized spacial score (nSPS) is 21.7. The van der Waals surface area contributed by atoms with Crippen LogP contribution in [0.5, 0.6) is 0 Å². The van der Waals surface area contributed by atoms with E-state index in [1.165, 1.54) is 41.0 Å². The van der Waals surface area contributed by atoms with Crippen LogP contribution in [0.25, 0.3) is 11.8 Å². The molecule has 3 heterocycles. The lowest BCUT2D eigenvalue weighted by Crippen LogP contribution is -2.51. The van der Waals surface area contributed by atoms with Crippen LogP contribution in [0, 0.1) is 23.0 Å². The number of sulfonamides is 1. The third-order valence-electron chi connectivity index (χ3n) is 8.64. The monoisotopic (exact) mass is 605 g/mol. The fourth-order valence-electron chi connectivity index (χ4n) is 6.52. The van der Waals surface area contributed by atoms with Crippen molar-refractivity contribution in [1.29, 1.82) is 0 Å². The molecule has 43 heavy (non-hydrogen) atoms. The van der Waals surface area contributed by atoms with Crippen LogP contribution in [-0.2, 0) is 16.4 Å². The highest BCUT2D eigenvalue weighted by Crippen LogP contribution is 2.52. The number of rotatable bonds is 7. The van der Waals surface area contributed by atoms with Crippen molar-refractivity contribution < 1.29 is 26.4 Å². The molecular weight excluding hydrogens is 579 g/mol. The quantitative estimate of drug-likeness (QED) is 0.210. The molecule has 2 fully saturated rings. The maximum Gasteiger partial charge on any atom is 0.243 e. The molecular formula is C31H26F3N5O3S. The van der Waals surface area contributed by atoms with E-state index in [1.54, 1.807) is 16.9 Å². The summed E-state index contributed by atoms with van der Waals surface area (Å²) in [5.74, 6) is -2.14. The van der Waals surface area contributed by atoms with Crippen LogP contribution in [0.1, 0.15) is 53.8 Å². The van der Waals surface area contributed by atoms with Crippen LogP contribution in [-0.4, -0.2) is 50.3 Å². The second-order valence-corrected chi connectivity index (χ2v) is 13.2. The first kappa shape index (κ1) is 27.7. The zero-order valence-corrected chi connectivity index (χ0v) is 23.6. The van der Waals surface area contributed by atoms with E-state index in [0.29, 0.717) is 31.4 Å². The summed E-state index contributed by atoms with van der Waals surface area (Å²) in [5.41, 5.74) is 1.54. The van der Waals surface area contributed by atoms with Gasteiger partial charge in [-0.05, 0) is 92.6 Å². The fourth-order valence-corrected chi connectivity index (χ4v) is 8.42. The Morgan fingerprint density at radius 1 is 0.930 bits per heavy atom. The molecule has 2 saturated carbocycles. The van der Waals surface area contributed by atoms with Crippen molar-refractivity contribution in [2.45, 2.75) is 55.5 Å². The molecule has 4 aromatic rings. The van der Waals surface area contributed by atoms with Crippen LogP contribution in [0.4, 0.5) is 13.2 Å². The Labute approximate surface area is 246 Å². The lowest BCUT2D eigenvalue weighted by atomic mass is 9.60. The fraction of sp³-hybridized carbons (Fsp3) is 0.290. The minimum atomic E-state index is -4.01. The van der Waals surface area contributed by atoms with E-state index in [4.69, 9.17) is 0 Å². The maximum absolute atomic E-state index is 14.4. The van der Waals surface area contributed by atoms with Gasteiger partial charge in [-0.1, -0.05) is 5.57 Å². The third-order valence-corrected chi connectivity index (χ3v) is 10.7. The highest BCUT2D eigenvalue weighted by Gasteiger charge is 2.53. The summed E-state index contributed by atoms with van der Waals surface area (Å²) >= 11 is 0. The predicted octanol–water partition coefficient (Wildman–Crippen LogP) is 5.29. The average molecular weight is 606 g/mol. The van der Waals surface area contributed by atoms with Gasteiger partial charge in [0.1, 0.15) is 17.3 Å². The topological polar surface area (TPSA) is 98.1 Å². The summed E-state index contributed by atoms with van der Waals surface area (Å²) < 4.78 is 72.5. The Hall–Kier alpha value is -4.16. The molecule has 3 aliphatic rings. The van der Waals surface area contributed by atoms with Crippen LogP contribution in [0.3, 0.4) is 0 Å². The van der Waals surface area contributed by atoms with E-state index in [9.17, 15) is 26.4 Å². The Balaban J connectivity index is 1.32. The lowest BCUT2D eigenvalue weighted by Gasteiger charge is -2.46. The molecule has 0 bridgehead atoms. The number of hydrogen-bond donors (Lipinski definition) is 0. The number of Topliss-reactive ketones (excluding diaryl/α,β-unsaturated/α-hetero) is 1. The molecule has 3 aliphatic carbocycles. The van der Waals surface area contributed by atoms with Gasteiger partial charge in [-0.3, -0.25) is 9.78 Å². The summed E-state index contributed by atoms with van der Waals surface area (Å²) in [7, 11) is -4.01. The first-order valence-corrected chi connectivity index (χ1v) is 15.4. The number of fused-ring (bicyclic) bond motifs is 2. The minimum Gasteiger partial charge on any atom is -0.291 e. The van der Waals surface area contributed by atoms with Crippen molar-refractivity contribution in [3.63, 3.8) is 0 Å². The van der Waals surface area contributed by atoms with E-state index in [0.717, 1.165) is 35.0 Å². The molecule has 1 aromatic carbocycles. The van der Waals surface area contributed by atoms with Gasteiger partial charge in [0.05, 0.1) is 34.1 Å². The molecule has 0 radical (unpaired) electrons. The van der Waals surface area contributed by atoms with Gasteiger partial charge in [0.25, 0.3) is 0 Å². The number of carbonyl (C=O) groups excluding carboxylic acids is 1. The van der Waals surface area contributed by atoms with E-state index in [1.807, 2.05) is 6.08 Å². The third kappa shape index (κ3) is 4.78. The van der Waals surface area contributed by atoms with E-state index < -0.39 is 39.1 Å². The maximum atomic E-state index is 14.4. The molecule has 3 aromatic heterocycles. The molecule has 0 spiro atoms. The molecule has 0 aliphatic heterocycles. The standard InChI is InChI=1S/C31H26F3N5O3S/c32-21-2-8-26(9-3-21)43(41,42)39(23-5-6-23)24-4-1-20-13-28-19(17-37-38(28)25-7-10-29(34)36-18-25)15-31(20,16-24)30(40)27-14-22(33)11-12-35-27/h2-3,7-14,17-18,23-24H,1,4-6,15-16H2/t24-,31-/m0/s1. The van der Waals surface area contributed by atoms with Crippen LogP contribution in [0.15, 0.2) is 77.6 Å². The van der Waals surface area contributed by atoms with Crippen molar-refractivity contribution in [3.8, 4) is 5.69 Å². The number of allylic oxidation sites excluding steroid dienone is 1. The largest absolute Gasteiger partial charge is 0.291 e. The Morgan fingerprint density at radius 3 is 2.42 bits per heavy atom. The summed E-state index contributed by atoms with van der Waals surface area (Å²) in [6.45, 7) is 0. The van der Waals surface area contributed by atoms with Crippen molar-refractivity contribution in [1.82, 2.24) is 24.1 Å². The van der Waals surface area contributed by atoms with E-state index in [2.05, 4.69) is 15.1 Å². The molecule has 0 unspecified atom stereocenters. The van der Waals surface area contributed by atoms with Crippen LogP contribution >= 0.6 is 0 Å². The zero-order valence-electron chi connectivity index (χ0n) is 22.8. The number of nitrogens with zero attached hydrogens (tertiary/aromatic N) is 5. The molecule has 0 N–H and O–H groups in total. The highest BCUT2D eigenvalue weighted by atomic mass is 32.2. The van der Waals surface area contributed by atoms with Gasteiger partial charge in [0, 0.05) is 24.3 Å². The number of halogens is 3. The lowest BCUT2D eigenvalue weighted by molar-refractivity contribution is 0.0733. The van der Waals surface area contributed by atoms with Crippen LogP contribution < -0.4 is 0 Å². The SMILES string of the molecule is O=C(c1cc(F)ccn1)[C@]12Cc3cnn(-c4ccc(F)nc4)c3C=C1CC[C@H](N(C1CC1)S(=O)(=O)c1ccc(F)cc1)C2. The number of ketones is 1. The first-order valence-electron chi connectivity index (χ1n) is 14.0. The van der Waals surface area contributed by atoms with Gasteiger partial charge in [-0.2, -0.15) is 13.8 Å². The van der Waals surface area contributed by atoms with Crippen molar-refractivity contribution in [2.24, 2.45) is 5.41 Å². The molecule has 12 heteroatoms. The predicted molar refractivity (Wildman–Crippen MR) is 150 cm³/mol. The number of hydrogen-bond acceptors (Lipinski definition) is 6. The molecule has 2 atom stereocenters. The van der Waals surface area contributed by atoms with E-state index >= 15 is 0 Å².